The molecule has 7 nitrogen and oxygen atoms in total. The molecule has 0 aliphatic rings. The molecular formula is C18H30IN7. The van der Waals surface area contributed by atoms with Gasteiger partial charge in [0.05, 0.1) is 5.69 Å². The molecule has 0 bridgehead atoms. The number of aromatic nitrogens is 3. The average molecular weight is 471 g/mol. The lowest BCUT2D eigenvalue weighted by atomic mass is 10.2. The van der Waals surface area contributed by atoms with Gasteiger partial charge in [-0.05, 0) is 44.0 Å². The number of anilines is 1. The van der Waals surface area contributed by atoms with Crippen molar-refractivity contribution in [1.29, 1.82) is 0 Å². The molecule has 144 valence electrons. The standard InChI is InChI=1S/C18H29N7.HI/c1-14-11-15(2)25(23-14)10-6-8-21-18(19-3)22-13-16-7-9-20-17(12-16)24(4)5;/h7,9,11-12H,6,8,10,13H2,1-5H3,(H2,19,21,22);1H. The van der Waals surface area contributed by atoms with E-state index >= 15 is 0 Å². The SMILES string of the molecule is CN=C(NCCCn1nc(C)cc1C)NCc1ccnc(N(C)C)c1.I. The first-order chi connectivity index (χ1) is 12.0. The molecule has 0 atom stereocenters. The van der Waals surface area contributed by atoms with E-state index in [9.17, 15) is 0 Å². The van der Waals surface area contributed by atoms with Gasteiger partial charge in [0.2, 0.25) is 0 Å². The maximum absolute atomic E-state index is 4.48. The Labute approximate surface area is 173 Å². The van der Waals surface area contributed by atoms with Crippen LogP contribution < -0.4 is 15.5 Å². The van der Waals surface area contributed by atoms with Gasteiger partial charge in [0.15, 0.2) is 5.96 Å². The van der Waals surface area contributed by atoms with Gasteiger partial charge in [-0.25, -0.2) is 4.98 Å². The van der Waals surface area contributed by atoms with Gasteiger partial charge in [-0.15, -0.1) is 24.0 Å². The fourth-order valence-corrected chi connectivity index (χ4v) is 2.56. The lowest BCUT2D eigenvalue weighted by molar-refractivity contribution is 0.555. The molecule has 8 heteroatoms. The van der Waals surface area contributed by atoms with Gasteiger partial charge in [-0.2, -0.15) is 5.10 Å². The van der Waals surface area contributed by atoms with Gasteiger partial charge >= 0.3 is 0 Å². The van der Waals surface area contributed by atoms with Gasteiger partial charge in [0.1, 0.15) is 5.82 Å². The largest absolute Gasteiger partial charge is 0.363 e. The first-order valence-electron chi connectivity index (χ1n) is 8.57. The number of aryl methyl sites for hydroxylation is 3. The third kappa shape index (κ3) is 6.81. The number of rotatable bonds is 7. The van der Waals surface area contributed by atoms with Crippen LogP contribution in [0.15, 0.2) is 29.4 Å². The molecule has 0 fully saturated rings. The zero-order valence-corrected chi connectivity index (χ0v) is 18.6. The van der Waals surface area contributed by atoms with E-state index in [1.807, 2.05) is 42.9 Å². The second kappa shape index (κ2) is 11.0. The lowest BCUT2D eigenvalue weighted by Gasteiger charge is -2.14. The Bertz CT molecular complexity index is 709. The van der Waals surface area contributed by atoms with Crippen molar-refractivity contribution >= 4 is 35.8 Å². The number of pyridine rings is 1. The second-order valence-corrected chi connectivity index (χ2v) is 6.27. The van der Waals surface area contributed by atoms with Crippen LogP contribution in [-0.4, -0.2) is 48.4 Å². The predicted molar refractivity (Wildman–Crippen MR) is 118 cm³/mol. The average Bonchev–Trinajstić information content (AvgIpc) is 2.92. The number of halogens is 1. The maximum atomic E-state index is 4.48. The zero-order valence-electron chi connectivity index (χ0n) is 16.3. The Hall–Kier alpha value is -1.84. The van der Waals surface area contributed by atoms with Crippen LogP contribution in [0, 0.1) is 13.8 Å². The third-order valence-corrected chi connectivity index (χ3v) is 3.89. The Morgan fingerprint density at radius 1 is 1.23 bits per heavy atom. The first kappa shape index (κ1) is 22.2. The van der Waals surface area contributed by atoms with Crippen molar-refractivity contribution in [3.8, 4) is 0 Å². The minimum Gasteiger partial charge on any atom is -0.363 e. The van der Waals surface area contributed by atoms with Crippen LogP contribution in [0.3, 0.4) is 0 Å². The highest BCUT2D eigenvalue weighted by molar-refractivity contribution is 14.0. The molecule has 0 saturated carbocycles. The van der Waals surface area contributed by atoms with Crippen LogP contribution in [-0.2, 0) is 13.1 Å². The maximum Gasteiger partial charge on any atom is 0.191 e. The number of hydrogen-bond donors (Lipinski definition) is 2. The van der Waals surface area contributed by atoms with E-state index in [1.165, 1.54) is 11.3 Å². The molecule has 0 aliphatic heterocycles. The first-order valence-corrected chi connectivity index (χ1v) is 8.57. The van der Waals surface area contributed by atoms with Crippen molar-refractivity contribution in [2.24, 2.45) is 4.99 Å². The summed E-state index contributed by atoms with van der Waals surface area (Å²) in [6.07, 6.45) is 2.82. The van der Waals surface area contributed by atoms with Gasteiger partial charge in [-0.3, -0.25) is 9.67 Å². The molecule has 0 aromatic carbocycles. The lowest BCUT2D eigenvalue weighted by Crippen LogP contribution is -2.37. The van der Waals surface area contributed by atoms with Crippen molar-refractivity contribution in [2.45, 2.75) is 33.4 Å². The summed E-state index contributed by atoms with van der Waals surface area (Å²) in [5.41, 5.74) is 3.44. The number of guanidine groups is 1. The molecule has 2 rings (SSSR count). The highest BCUT2D eigenvalue weighted by Crippen LogP contribution is 2.09. The summed E-state index contributed by atoms with van der Waals surface area (Å²) in [5, 5.41) is 11.2. The van der Waals surface area contributed by atoms with Gasteiger partial charge in [-0.1, -0.05) is 0 Å². The molecule has 0 unspecified atom stereocenters. The van der Waals surface area contributed by atoms with Crippen molar-refractivity contribution < 1.29 is 0 Å². The highest BCUT2D eigenvalue weighted by atomic mass is 127. The normalized spacial score (nSPS) is 11.0. The van der Waals surface area contributed by atoms with Crippen LogP contribution in [0.25, 0.3) is 0 Å². The van der Waals surface area contributed by atoms with E-state index in [1.54, 1.807) is 7.05 Å². The summed E-state index contributed by atoms with van der Waals surface area (Å²) >= 11 is 0. The quantitative estimate of drug-likeness (QED) is 0.281. The molecule has 26 heavy (non-hydrogen) atoms. The molecule has 0 radical (unpaired) electrons. The number of hydrogen-bond acceptors (Lipinski definition) is 4. The second-order valence-electron chi connectivity index (χ2n) is 6.27. The highest BCUT2D eigenvalue weighted by Gasteiger charge is 2.03. The molecule has 0 saturated heterocycles. The fraction of sp³-hybridized carbons (Fsp3) is 0.500. The van der Waals surface area contributed by atoms with Crippen molar-refractivity contribution in [3.05, 3.63) is 41.3 Å². The summed E-state index contributed by atoms with van der Waals surface area (Å²) < 4.78 is 2.05. The summed E-state index contributed by atoms with van der Waals surface area (Å²) in [5.74, 6) is 1.75. The Kier molecular flexibility index (Phi) is 9.39. The van der Waals surface area contributed by atoms with Crippen LogP contribution >= 0.6 is 24.0 Å². The Morgan fingerprint density at radius 3 is 2.62 bits per heavy atom. The minimum absolute atomic E-state index is 0. The minimum atomic E-state index is 0. The van der Waals surface area contributed by atoms with E-state index < -0.39 is 0 Å². The molecular weight excluding hydrogens is 441 g/mol. The van der Waals surface area contributed by atoms with Gasteiger partial charge in [0, 0.05) is 52.7 Å². The topological polar surface area (TPSA) is 70.4 Å². The van der Waals surface area contributed by atoms with Crippen LogP contribution in [0.1, 0.15) is 23.4 Å². The van der Waals surface area contributed by atoms with E-state index in [-0.39, 0.29) is 24.0 Å². The Morgan fingerprint density at radius 2 is 2.00 bits per heavy atom. The molecule has 2 heterocycles. The van der Waals surface area contributed by atoms with Gasteiger partial charge in [0.25, 0.3) is 0 Å². The molecule has 2 aromatic rings. The summed E-state index contributed by atoms with van der Waals surface area (Å²) in [6, 6.07) is 6.18. The van der Waals surface area contributed by atoms with E-state index in [4.69, 9.17) is 0 Å². The molecule has 2 aromatic heterocycles. The van der Waals surface area contributed by atoms with Crippen molar-refractivity contribution in [3.63, 3.8) is 0 Å². The Balaban J connectivity index is 0.00000338. The number of nitrogens with one attached hydrogen (secondary N) is 2. The van der Waals surface area contributed by atoms with Crippen molar-refractivity contribution in [2.75, 3.05) is 32.6 Å². The van der Waals surface area contributed by atoms with Crippen LogP contribution in [0.5, 0.6) is 0 Å². The molecule has 0 amide bonds. The van der Waals surface area contributed by atoms with E-state index in [0.29, 0.717) is 6.54 Å². The fourth-order valence-electron chi connectivity index (χ4n) is 2.56. The summed E-state index contributed by atoms with van der Waals surface area (Å²) in [7, 11) is 5.76. The van der Waals surface area contributed by atoms with Crippen LogP contribution in [0.2, 0.25) is 0 Å². The molecule has 0 aliphatic carbocycles. The monoisotopic (exact) mass is 471 g/mol. The number of nitrogens with zero attached hydrogens (tertiary/aromatic N) is 5. The van der Waals surface area contributed by atoms with Crippen LogP contribution in [0.4, 0.5) is 5.82 Å². The predicted octanol–water partition coefficient (Wildman–Crippen LogP) is 2.33. The molecule has 2 N–H and O–H groups in total. The van der Waals surface area contributed by atoms with E-state index in [2.05, 4.69) is 44.8 Å². The zero-order chi connectivity index (χ0) is 18.2. The third-order valence-electron chi connectivity index (χ3n) is 3.89. The summed E-state index contributed by atoms with van der Waals surface area (Å²) in [4.78, 5) is 10.6. The molecule has 0 spiro atoms. The van der Waals surface area contributed by atoms with Crippen molar-refractivity contribution in [1.82, 2.24) is 25.4 Å². The van der Waals surface area contributed by atoms with Gasteiger partial charge < -0.3 is 15.5 Å². The summed E-state index contributed by atoms with van der Waals surface area (Å²) in [6.45, 7) is 6.57. The number of aliphatic imine (C=N–C) groups is 1. The van der Waals surface area contributed by atoms with E-state index in [0.717, 1.165) is 37.0 Å². The smallest absolute Gasteiger partial charge is 0.191 e.